The second-order valence-corrected chi connectivity index (χ2v) is 6.43. The van der Waals surface area contributed by atoms with Crippen LogP contribution >= 0.6 is 0 Å². The smallest absolute Gasteiger partial charge is 0.269 e. The number of amides is 1. The van der Waals surface area contributed by atoms with E-state index in [1.807, 2.05) is 24.3 Å². The summed E-state index contributed by atoms with van der Waals surface area (Å²) in [5, 5.41) is 1.09. The normalized spacial score (nSPS) is 11.2. The zero-order chi connectivity index (χ0) is 16.6. The van der Waals surface area contributed by atoms with Crippen LogP contribution in [-0.2, 0) is 0 Å². The zero-order valence-corrected chi connectivity index (χ0v) is 14.1. The van der Waals surface area contributed by atoms with E-state index in [-0.39, 0.29) is 5.91 Å². The van der Waals surface area contributed by atoms with Gasteiger partial charge in [0, 0.05) is 25.0 Å². The highest BCUT2D eigenvalue weighted by molar-refractivity contribution is 6.03. The summed E-state index contributed by atoms with van der Waals surface area (Å²) < 4.78 is 0. The summed E-state index contributed by atoms with van der Waals surface area (Å²) in [5.74, 6) is 0.421. The van der Waals surface area contributed by atoms with Crippen LogP contribution in [0.4, 0.5) is 0 Å². The molecule has 3 aromatic rings. The van der Waals surface area contributed by atoms with Crippen LogP contribution in [0.25, 0.3) is 22.0 Å². The maximum absolute atomic E-state index is 12.3. The van der Waals surface area contributed by atoms with Crippen molar-refractivity contribution in [2.24, 2.45) is 0 Å². The Labute approximate surface area is 136 Å². The summed E-state index contributed by atoms with van der Waals surface area (Å²) in [6.45, 7) is 4.37. The Morgan fingerprint density at radius 2 is 1.74 bits per heavy atom. The molecular weight excluding hydrogens is 284 g/mol. The van der Waals surface area contributed by atoms with Gasteiger partial charge in [-0.15, -0.1) is 0 Å². The molecule has 0 spiro atoms. The molecule has 0 atom stereocenters. The molecule has 0 fully saturated rings. The van der Waals surface area contributed by atoms with Crippen LogP contribution in [-0.4, -0.2) is 29.9 Å². The molecule has 3 rings (SSSR count). The van der Waals surface area contributed by atoms with Crippen molar-refractivity contribution in [1.29, 1.82) is 0 Å². The minimum Gasteiger partial charge on any atom is -0.350 e. The van der Waals surface area contributed by atoms with Crippen molar-refractivity contribution < 1.29 is 4.79 Å². The number of benzene rings is 2. The summed E-state index contributed by atoms with van der Waals surface area (Å²) in [4.78, 5) is 17.2. The first-order valence-electron chi connectivity index (χ1n) is 7.91. The predicted molar refractivity (Wildman–Crippen MR) is 95.8 cm³/mol. The second kappa shape index (κ2) is 5.92. The van der Waals surface area contributed by atoms with Gasteiger partial charge < -0.3 is 9.88 Å². The first-order valence-corrected chi connectivity index (χ1v) is 7.91. The van der Waals surface area contributed by atoms with Crippen LogP contribution in [0.1, 0.15) is 35.8 Å². The van der Waals surface area contributed by atoms with Gasteiger partial charge in [0.2, 0.25) is 0 Å². The van der Waals surface area contributed by atoms with Gasteiger partial charge in [-0.2, -0.15) is 0 Å². The number of carbonyl (C=O) groups excluding carboxylic acids is 1. The highest BCUT2D eigenvalue weighted by Crippen LogP contribution is 2.33. The van der Waals surface area contributed by atoms with E-state index in [9.17, 15) is 4.79 Å². The molecule has 118 valence electrons. The number of aromatic amines is 1. The third-order valence-corrected chi connectivity index (χ3v) is 4.15. The number of hydrogen-bond acceptors (Lipinski definition) is 1. The lowest BCUT2D eigenvalue weighted by Gasteiger charge is -2.10. The topological polar surface area (TPSA) is 36.1 Å². The van der Waals surface area contributed by atoms with E-state index < -0.39 is 0 Å². The fourth-order valence-electron chi connectivity index (χ4n) is 2.81. The lowest BCUT2D eigenvalue weighted by molar-refractivity contribution is 0.0823. The molecule has 2 aromatic carbocycles. The van der Waals surface area contributed by atoms with Crippen LogP contribution < -0.4 is 0 Å². The van der Waals surface area contributed by atoms with Crippen LogP contribution in [0.2, 0.25) is 0 Å². The Kier molecular flexibility index (Phi) is 3.95. The minimum atomic E-state index is -0.00805. The SMILES string of the molecule is CC(C)c1cc(-c2ccccc2)c2cc(C(=O)N(C)C)[nH]c2c1. The molecule has 0 unspecified atom stereocenters. The van der Waals surface area contributed by atoms with Crippen LogP contribution in [0.5, 0.6) is 0 Å². The third kappa shape index (κ3) is 2.87. The second-order valence-electron chi connectivity index (χ2n) is 6.43. The molecular formula is C20H22N2O. The molecule has 3 nitrogen and oxygen atoms in total. The van der Waals surface area contributed by atoms with Crippen molar-refractivity contribution in [3.05, 3.63) is 59.8 Å². The highest BCUT2D eigenvalue weighted by atomic mass is 16.2. The number of nitrogens with zero attached hydrogens (tertiary/aromatic N) is 1. The van der Waals surface area contributed by atoms with Gasteiger partial charge in [0.15, 0.2) is 0 Å². The lowest BCUT2D eigenvalue weighted by atomic mass is 9.94. The van der Waals surface area contributed by atoms with Gasteiger partial charge in [-0.05, 0) is 34.7 Å². The zero-order valence-electron chi connectivity index (χ0n) is 14.1. The number of carbonyl (C=O) groups is 1. The number of hydrogen-bond donors (Lipinski definition) is 1. The van der Waals surface area contributed by atoms with Crippen molar-refractivity contribution in [2.45, 2.75) is 19.8 Å². The number of rotatable bonds is 3. The predicted octanol–water partition coefficient (Wildman–Crippen LogP) is 4.66. The van der Waals surface area contributed by atoms with Gasteiger partial charge in [0.05, 0.1) is 0 Å². The molecule has 0 aliphatic carbocycles. The fourth-order valence-corrected chi connectivity index (χ4v) is 2.81. The van der Waals surface area contributed by atoms with Crippen molar-refractivity contribution in [3.63, 3.8) is 0 Å². The molecule has 0 radical (unpaired) electrons. The molecule has 1 heterocycles. The van der Waals surface area contributed by atoms with E-state index in [2.05, 4.69) is 43.1 Å². The molecule has 0 saturated carbocycles. The van der Waals surface area contributed by atoms with E-state index in [0.29, 0.717) is 11.6 Å². The highest BCUT2D eigenvalue weighted by Gasteiger charge is 2.15. The van der Waals surface area contributed by atoms with Gasteiger partial charge in [0.1, 0.15) is 5.69 Å². The Morgan fingerprint density at radius 3 is 2.35 bits per heavy atom. The van der Waals surface area contributed by atoms with Crippen molar-refractivity contribution >= 4 is 16.8 Å². The average Bonchev–Trinajstić information content (AvgIpc) is 2.97. The van der Waals surface area contributed by atoms with E-state index in [1.165, 1.54) is 16.7 Å². The molecule has 1 aromatic heterocycles. The Balaban J connectivity index is 2.26. The number of aromatic nitrogens is 1. The molecule has 1 N–H and O–H groups in total. The first kappa shape index (κ1) is 15.3. The molecule has 3 heteroatoms. The maximum atomic E-state index is 12.3. The Hall–Kier alpha value is -2.55. The average molecular weight is 306 g/mol. The summed E-state index contributed by atoms with van der Waals surface area (Å²) in [7, 11) is 3.54. The minimum absolute atomic E-state index is 0.00805. The van der Waals surface area contributed by atoms with Gasteiger partial charge in [-0.25, -0.2) is 0 Å². The Morgan fingerprint density at radius 1 is 1.04 bits per heavy atom. The van der Waals surface area contributed by atoms with Gasteiger partial charge >= 0.3 is 0 Å². The van der Waals surface area contributed by atoms with E-state index >= 15 is 0 Å². The van der Waals surface area contributed by atoms with Crippen molar-refractivity contribution in [3.8, 4) is 11.1 Å². The summed E-state index contributed by atoms with van der Waals surface area (Å²) in [6, 6.07) is 16.7. The fraction of sp³-hybridized carbons (Fsp3) is 0.250. The van der Waals surface area contributed by atoms with E-state index in [4.69, 9.17) is 0 Å². The molecule has 0 aliphatic rings. The molecule has 1 amide bonds. The van der Waals surface area contributed by atoms with Crippen molar-refractivity contribution in [2.75, 3.05) is 14.1 Å². The number of nitrogens with one attached hydrogen (secondary N) is 1. The van der Waals surface area contributed by atoms with Crippen LogP contribution in [0.3, 0.4) is 0 Å². The first-order chi connectivity index (χ1) is 11.0. The third-order valence-electron chi connectivity index (χ3n) is 4.15. The monoisotopic (exact) mass is 306 g/mol. The lowest BCUT2D eigenvalue weighted by Crippen LogP contribution is -2.21. The molecule has 0 bridgehead atoms. The Bertz CT molecular complexity index is 845. The largest absolute Gasteiger partial charge is 0.350 e. The van der Waals surface area contributed by atoms with Gasteiger partial charge in [-0.1, -0.05) is 50.2 Å². The standard InChI is InChI=1S/C20H22N2O/c1-13(2)15-10-16(14-8-6-5-7-9-14)17-12-19(20(23)22(3)4)21-18(17)11-15/h5-13,21H,1-4H3. The summed E-state index contributed by atoms with van der Waals surface area (Å²) in [6.07, 6.45) is 0. The van der Waals surface area contributed by atoms with Gasteiger partial charge in [0.25, 0.3) is 5.91 Å². The molecule has 23 heavy (non-hydrogen) atoms. The molecule has 0 saturated heterocycles. The number of H-pyrrole nitrogens is 1. The maximum Gasteiger partial charge on any atom is 0.269 e. The van der Waals surface area contributed by atoms with Gasteiger partial charge in [-0.3, -0.25) is 4.79 Å². The molecule has 0 aliphatic heterocycles. The van der Waals surface area contributed by atoms with Crippen LogP contribution in [0.15, 0.2) is 48.5 Å². The van der Waals surface area contributed by atoms with Crippen molar-refractivity contribution in [1.82, 2.24) is 9.88 Å². The van der Waals surface area contributed by atoms with E-state index in [0.717, 1.165) is 10.9 Å². The van der Waals surface area contributed by atoms with Crippen LogP contribution in [0, 0.1) is 0 Å². The van der Waals surface area contributed by atoms with E-state index in [1.54, 1.807) is 19.0 Å². The summed E-state index contributed by atoms with van der Waals surface area (Å²) >= 11 is 0. The summed E-state index contributed by atoms with van der Waals surface area (Å²) in [5.41, 5.74) is 5.24. The number of fused-ring (bicyclic) bond motifs is 1. The quantitative estimate of drug-likeness (QED) is 0.750.